The average Bonchev–Trinajstić information content (AvgIpc) is 2.34. The summed E-state index contributed by atoms with van der Waals surface area (Å²) in [4.78, 5) is 0. The van der Waals surface area contributed by atoms with Gasteiger partial charge in [0, 0.05) is 13.5 Å². The van der Waals surface area contributed by atoms with Gasteiger partial charge in [-0.2, -0.15) is 0 Å². The van der Waals surface area contributed by atoms with Gasteiger partial charge in [0.05, 0.1) is 22.3 Å². The molecule has 1 fully saturated rings. The molecule has 1 heterocycles. The lowest BCUT2D eigenvalue weighted by Crippen LogP contribution is -2.33. The van der Waals surface area contributed by atoms with E-state index in [9.17, 15) is 0 Å². The summed E-state index contributed by atoms with van der Waals surface area (Å²) in [6.07, 6.45) is 4.43. The van der Waals surface area contributed by atoms with E-state index >= 15 is 0 Å². The molecule has 0 N–H and O–H groups in total. The molecular weight excluding hydrogens is 292 g/mol. The van der Waals surface area contributed by atoms with Gasteiger partial charge in [-0.3, -0.25) is 0 Å². The SMILES string of the molecule is C=C(CCC1OC(OC)CC/C1=C/[Si](C)(C)C)[Si](C)(C)C. The Morgan fingerprint density at radius 2 is 1.90 bits per heavy atom. The van der Waals surface area contributed by atoms with Gasteiger partial charge < -0.3 is 9.47 Å². The van der Waals surface area contributed by atoms with Gasteiger partial charge in [-0.15, -0.1) is 6.58 Å². The first-order valence-electron chi connectivity index (χ1n) is 8.11. The maximum Gasteiger partial charge on any atom is 0.158 e. The molecule has 0 bridgehead atoms. The molecule has 0 aromatic heterocycles. The average molecular weight is 327 g/mol. The molecule has 2 nitrogen and oxygen atoms in total. The fourth-order valence-corrected chi connectivity index (χ4v) is 4.95. The fourth-order valence-electron chi connectivity index (χ4n) is 2.61. The molecule has 0 radical (unpaired) electrons. The van der Waals surface area contributed by atoms with Crippen LogP contribution in [0.1, 0.15) is 25.7 Å². The minimum atomic E-state index is -1.23. The van der Waals surface area contributed by atoms with E-state index < -0.39 is 16.1 Å². The van der Waals surface area contributed by atoms with Crippen molar-refractivity contribution in [1.82, 2.24) is 0 Å². The van der Waals surface area contributed by atoms with Gasteiger partial charge >= 0.3 is 0 Å². The molecule has 1 saturated heterocycles. The van der Waals surface area contributed by atoms with Gasteiger partial charge in [-0.25, -0.2) is 0 Å². The molecule has 122 valence electrons. The summed E-state index contributed by atoms with van der Waals surface area (Å²) in [5, 5.41) is 1.44. The summed E-state index contributed by atoms with van der Waals surface area (Å²) in [7, 11) is -0.693. The van der Waals surface area contributed by atoms with Crippen LogP contribution in [0.5, 0.6) is 0 Å². The predicted molar refractivity (Wildman–Crippen MR) is 98.1 cm³/mol. The molecule has 1 aliphatic rings. The first kappa shape index (κ1) is 18.9. The summed E-state index contributed by atoms with van der Waals surface area (Å²) in [6, 6.07) is 0. The molecule has 21 heavy (non-hydrogen) atoms. The second kappa shape index (κ2) is 7.40. The molecule has 0 amide bonds. The van der Waals surface area contributed by atoms with E-state index in [1.54, 1.807) is 7.11 Å². The summed E-state index contributed by atoms with van der Waals surface area (Å²) in [5.41, 5.74) is 4.03. The number of allylic oxidation sites excluding steroid dienone is 1. The number of hydrogen-bond acceptors (Lipinski definition) is 2. The molecule has 0 spiro atoms. The molecular formula is C17H34O2Si2. The standard InChI is InChI=1S/C17H34O2Si2/c1-14(21(6,7)8)9-11-16-15(13-20(3,4)5)10-12-17(18-2)19-16/h13,16-17H,1,9-12H2,2-8H3/b15-13-. The zero-order chi connectivity index (χ0) is 16.3. The Balaban J connectivity index is 2.76. The van der Waals surface area contributed by atoms with Gasteiger partial charge in [0.1, 0.15) is 0 Å². The van der Waals surface area contributed by atoms with Crippen molar-refractivity contribution in [3.05, 3.63) is 23.0 Å². The minimum Gasteiger partial charge on any atom is -0.356 e. The van der Waals surface area contributed by atoms with Crippen molar-refractivity contribution in [3.8, 4) is 0 Å². The molecule has 2 unspecified atom stereocenters. The van der Waals surface area contributed by atoms with Crippen LogP contribution in [0.3, 0.4) is 0 Å². The van der Waals surface area contributed by atoms with Gasteiger partial charge in [0.25, 0.3) is 0 Å². The van der Waals surface area contributed by atoms with Gasteiger partial charge in [0.15, 0.2) is 6.29 Å². The molecule has 0 aromatic rings. The Hall–Kier alpha value is -0.166. The highest BCUT2D eigenvalue weighted by molar-refractivity contribution is 6.83. The van der Waals surface area contributed by atoms with Gasteiger partial charge in [0.2, 0.25) is 0 Å². The highest BCUT2D eigenvalue weighted by atomic mass is 28.3. The van der Waals surface area contributed by atoms with E-state index in [0.29, 0.717) is 0 Å². The number of hydrogen-bond donors (Lipinski definition) is 0. The van der Waals surface area contributed by atoms with Crippen molar-refractivity contribution in [2.45, 2.75) is 77.4 Å². The maximum atomic E-state index is 6.16. The van der Waals surface area contributed by atoms with E-state index in [4.69, 9.17) is 9.47 Å². The molecule has 0 aromatic carbocycles. The highest BCUT2D eigenvalue weighted by Gasteiger charge is 2.28. The minimum absolute atomic E-state index is 0.0334. The van der Waals surface area contributed by atoms with E-state index in [0.717, 1.165) is 25.7 Å². The lowest BCUT2D eigenvalue weighted by atomic mass is 9.99. The van der Waals surface area contributed by atoms with Crippen molar-refractivity contribution < 1.29 is 9.47 Å². The second-order valence-electron chi connectivity index (χ2n) is 8.31. The topological polar surface area (TPSA) is 18.5 Å². The Morgan fingerprint density at radius 3 is 2.38 bits per heavy atom. The first-order valence-corrected chi connectivity index (χ1v) is 15.2. The molecule has 4 heteroatoms. The van der Waals surface area contributed by atoms with Crippen LogP contribution in [0, 0.1) is 0 Å². The lowest BCUT2D eigenvalue weighted by molar-refractivity contribution is -0.164. The van der Waals surface area contributed by atoms with E-state index in [2.05, 4.69) is 51.6 Å². The smallest absolute Gasteiger partial charge is 0.158 e. The fraction of sp³-hybridized carbons (Fsp3) is 0.765. The van der Waals surface area contributed by atoms with Crippen LogP contribution in [-0.4, -0.2) is 35.7 Å². The van der Waals surface area contributed by atoms with Crippen LogP contribution < -0.4 is 0 Å². The molecule has 1 rings (SSSR count). The molecule has 1 aliphatic heterocycles. The second-order valence-corrected chi connectivity index (χ2v) is 18.5. The number of ether oxygens (including phenoxy) is 2. The lowest BCUT2D eigenvalue weighted by Gasteiger charge is -2.33. The van der Waals surface area contributed by atoms with Crippen LogP contribution in [0.4, 0.5) is 0 Å². The third kappa shape index (κ3) is 6.63. The quantitative estimate of drug-likeness (QED) is 0.628. The van der Waals surface area contributed by atoms with Crippen molar-refractivity contribution in [3.63, 3.8) is 0 Å². The Morgan fingerprint density at radius 1 is 1.29 bits per heavy atom. The highest BCUT2D eigenvalue weighted by Crippen LogP contribution is 2.31. The monoisotopic (exact) mass is 326 g/mol. The predicted octanol–water partition coefficient (Wildman–Crippen LogP) is 5.16. The largest absolute Gasteiger partial charge is 0.356 e. The first-order chi connectivity index (χ1) is 9.53. The number of methoxy groups -OCH3 is 1. The van der Waals surface area contributed by atoms with E-state index in [1.165, 1.54) is 10.8 Å². The van der Waals surface area contributed by atoms with E-state index in [1.807, 2.05) is 0 Å². The maximum absolute atomic E-state index is 6.16. The molecule has 0 saturated carbocycles. The van der Waals surface area contributed by atoms with Crippen LogP contribution >= 0.6 is 0 Å². The van der Waals surface area contributed by atoms with Crippen LogP contribution in [0.2, 0.25) is 39.3 Å². The van der Waals surface area contributed by atoms with Gasteiger partial charge in [-0.05, 0) is 24.8 Å². The van der Waals surface area contributed by atoms with Crippen LogP contribution in [-0.2, 0) is 9.47 Å². The normalized spacial score (nSPS) is 26.1. The third-order valence-electron chi connectivity index (χ3n) is 4.05. The Bertz CT molecular complexity index is 389. The van der Waals surface area contributed by atoms with Gasteiger partial charge in [-0.1, -0.05) is 50.2 Å². The third-order valence-corrected chi connectivity index (χ3v) is 7.66. The zero-order valence-corrected chi connectivity index (χ0v) is 17.1. The zero-order valence-electron chi connectivity index (χ0n) is 15.1. The summed E-state index contributed by atoms with van der Waals surface area (Å²) >= 11 is 0. The molecule has 0 aliphatic carbocycles. The summed E-state index contributed by atoms with van der Waals surface area (Å²) in [5.74, 6) is 0. The molecule has 2 atom stereocenters. The summed E-state index contributed by atoms with van der Waals surface area (Å²) in [6.45, 7) is 18.6. The number of rotatable bonds is 6. The van der Waals surface area contributed by atoms with Crippen LogP contribution in [0.25, 0.3) is 0 Å². The summed E-state index contributed by atoms with van der Waals surface area (Å²) < 4.78 is 11.6. The van der Waals surface area contributed by atoms with E-state index in [-0.39, 0.29) is 12.4 Å². The van der Waals surface area contributed by atoms with Crippen LogP contribution in [0.15, 0.2) is 23.0 Å². The Kier molecular flexibility index (Phi) is 6.65. The van der Waals surface area contributed by atoms with Crippen molar-refractivity contribution in [2.24, 2.45) is 0 Å². The van der Waals surface area contributed by atoms with Crippen molar-refractivity contribution in [1.29, 1.82) is 0 Å². The van der Waals surface area contributed by atoms with Crippen molar-refractivity contribution >= 4 is 16.1 Å². The Labute approximate surface area is 133 Å². The van der Waals surface area contributed by atoms with Crippen molar-refractivity contribution in [2.75, 3.05) is 7.11 Å².